The number of aromatic carboxylic acids is 1. The van der Waals surface area contributed by atoms with Crippen molar-refractivity contribution in [3.63, 3.8) is 0 Å². The van der Waals surface area contributed by atoms with Crippen molar-refractivity contribution >= 4 is 29.2 Å². The molecule has 1 aromatic heterocycles. The monoisotopic (exact) mass is 512 g/mol. The number of anilines is 3. The fourth-order valence-electron chi connectivity index (χ4n) is 4.54. The predicted octanol–water partition coefficient (Wildman–Crippen LogP) is 5.03. The summed E-state index contributed by atoms with van der Waals surface area (Å²) in [6.45, 7) is 0.810. The second-order valence-electron chi connectivity index (χ2n) is 8.83. The lowest BCUT2D eigenvalue weighted by Gasteiger charge is -2.26. The van der Waals surface area contributed by atoms with E-state index in [-0.39, 0.29) is 23.2 Å². The largest absolute Gasteiger partial charge is 0.491 e. The minimum Gasteiger partial charge on any atom is -0.491 e. The molecule has 1 aliphatic heterocycles. The van der Waals surface area contributed by atoms with Crippen molar-refractivity contribution in [2.45, 2.75) is 12.3 Å². The van der Waals surface area contributed by atoms with Gasteiger partial charge in [0.25, 0.3) is 0 Å². The number of fused-ring (bicyclic) bond motifs is 1. The Bertz CT molecular complexity index is 1430. The van der Waals surface area contributed by atoms with Gasteiger partial charge in [-0.1, -0.05) is 60.7 Å². The van der Waals surface area contributed by atoms with Crippen molar-refractivity contribution in [3.8, 4) is 5.75 Å². The number of aromatic nitrogens is 2. The van der Waals surface area contributed by atoms with Crippen molar-refractivity contribution in [1.29, 1.82) is 0 Å². The molecule has 3 aromatic carbocycles. The number of carboxylic acid groups (broad SMARTS) is 1. The lowest BCUT2D eigenvalue weighted by Crippen LogP contribution is -2.34. The maximum atomic E-state index is 14.1. The van der Waals surface area contributed by atoms with E-state index in [1.165, 1.54) is 36.3 Å². The summed E-state index contributed by atoms with van der Waals surface area (Å²) in [6.07, 6.45) is 1.92. The number of hydrogen-bond donors (Lipinski definition) is 1. The molecule has 0 fully saturated rings. The first-order chi connectivity index (χ1) is 18.4. The molecule has 0 radical (unpaired) electrons. The highest BCUT2D eigenvalue weighted by Gasteiger charge is 2.30. The molecule has 0 aliphatic carbocycles. The zero-order valence-electron chi connectivity index (χ0n) is 20.6. The molecule has 0 bridgehead atoms. The van der Waals surface area contributed by atoms with Crippen molar-refractivity contribution in [2.75, 3.05) is 30.0 Å². The number of ether oxygens (including phenoxy) is 1. The van der Waals surface area contributed by atoms with E-state index in [0.717, 1.165) is 11.1 Å². The van der Waals surface area contributed by atoms with E-state index in [1.54, 1.807) is 4.90 Å². The smallest absolute Gasteiger partial charge is 0.356 e. The van der Waals surface area contributed by atoms with Crippen molar-refractivity contribution in [2.24, 2.45) is 0 Å². The Kier molecular flexibility index (Phi) is 6.99. The number of carbonyl (C=O) groups excluding carboxylic acids is 1. The fraction of sp³-hybridized carbons (Fsp3) is 0.172. The van der Waals surface area contributed by atoms with Gasteiger partial charge in [0.2, 0.25) is 11.9 Å². The molecule has 2 heterocycles. The van der Waals surface area contributed by atoms with Gasteiger partial charge in [-0.2, -0.15) is 0 Å². The summed E-state index contributed by atoms with van der Waals surface area (Å²) in [5, 5.41) is 10.1. The van der Waals surface area contributed by atoms with Gasteiger partial charge in [-0.3, -0.25) is 4.79 Å². The standard InChI is InChI=1S/C29H25FN4O4/c1-33(27(35)25(19-9-4-2-5-10-19)20-11-6-3-7-12-20)23-18-31-29(32-26(23)28(36)37)34-15-8-16-38-24-14-13-21(30)17-22(24)34/h2-7,9-14,17-18,25H,8,15-16H2,1H3,(H,36,37). The molecule has 9 heteroatoms. The average Bonchev–Trinajstić information content (AvgIpc) is 3.15. The summed E-state index contributed by atoms with van der Waals surface area (Å²) < 4.78 is 19.8. The van der Waals surface area contributed by atoms with Gasteiger partial charge in [0, 0.05) is 19.7 Å². The van der Waals surface area contributed by atoms with Crippen LogP contribution >= 0.6 is 0 Å². The second kappa shape index (κ2) is 10.7. The molecule has 1 amide bonds. The number of benzene rings is 3. The highest BCUT2D eigenvalue weighted by atomic mass is 19.1. The minimum atomic E-state index is -1.31. The van der Waals surface area contributed by atoms with Gasteiger partial charge in [-0.05, 0) is 29.7 Å². The predicted molar refractivity (Wildman–Crippen MR) is 141 cm³/mol. The maximum Gasteiger partial charge on any atom is 0.356 e. The summed E-state index contributed by atoms with van der Waals surface area (Å²) in [7, 11) is 1.51. The molecule has 8 nitrogen and oxygen atoms in total. The van der Waals surface area contributed by atoms with Gasteiger partial charge in [-0.25, -0.2) is 19.2 Å². The number of carbonyl (C=O) groups is 2. The molecule has 1 aliphatic rings. The van der Waals surface area contributed by atoms with Gasteiger partial charge >= 0.3 is 5.97 Å². The summed E-state index contributed by atoms with van der Waals surface area (Å²) in [4.78, 5) is 37.8. The lowest BCUT2D eigenvalue weighted by atomic mass is 9.90. The van der Waals surface area contributed by atoms with Gasteiger partial charge < -0.3 is 19.6 Å². The molecule has 0 saturated carbocycles. The van der Waals surface area contributed by atoms with Crippen LogP contribution in [0.3, 0.4) is 0 Å². The number of amides is 1. The van der Waals surface area contributed by atoms with Crippen LogP contribution in [0.15, 0.2) is 85.1 Å². The van der Waals surface area contributed by atoms with Crippen molar-refractivity contribution < 1.29 is 23.8 Å². The van der Waals surface area contributed by atoms with Gasteiger partial charge in [0.1, 0.15) is 11.6 Å². The third-order valence-electron chi connectivity index (χ3n) is 6.40. The van der Waals surface area contributed by atoms with E-state index in [9.17, 15) is 19.1 Å². The Morgan fingerprint density at radius 2 is 1.68 bits per heavy atom. The van der Waals surface area contributed by atoms with Gasteiger partial charge in [0.15, 0.2) is 5.69 Å². The Hall–Kier alpha value is -4.79. The summed E-state index contributed by atoms with van der Waals surface area (Å²) in [5.74, 6) is -2.25. The molecule has 0 saturated heterocycles. The third-order valence-corrected chi connectivity index (χ3v) is 6.40. The fourth-order valence-corrected chi connectivity index (χ4v) is 4.54. The summed E-state index contributed by atoms with van der Waals surface area (Å²) in [6, 6.07) is 22.7. The number of hydrogen-bond acceptors (Lipinski definition) is 6. The summed E-state index contributed by atoms with van der Waals surface area (Å²) >= 11 is 0. The molecule has 5 rings (SSSR count). The number of carboxylic acids is 1. The van der Waals surface area contributed by atoms with E-state index < -0.39 is 17.7 Å². The number of halogens is 1. The normalized spacial score (nSPS) is 12.9. The van der Waals surface area contributed by atoms with Crippen LogP contribution in [-0.4, -0.2) is 47.2 Å². The van der Waals surface area contributed by atoms with E-state index in [0.29, 0.717) is 31.0 Å². The highest BCUT2D eigenvalue weighted by molar-refractivity contribution is 6.04. The van der Waals surface area contributed by atoms with Crippen molar-refractivity contribution in [1.82, 2.24) is 9.97 Å². The van der Waals surface area contributed by atoms with Crippen LogP contribution in [0.2, 0.25) is 0 Å². The average molecular weight is 513 g/mol. The number of rotatable bonds is 6. The zero-order valence-corrected chi connectivity index (χ0v) is 20.6. The van der Waals surface area contributed by atoms with E-state index in [2.05, 4.69) is 9.97 Å². The zero-order chi connectivity index (χ0) is 26.6. The Balaban J connectivity index is 1.54. The Labute approximate surface area is 219 Å². The molecular weight excluding hydrogens is 487 g/mol. The van der Waals surface area contributed by atoms with Gasteiger partial charge in [-0.15, -0.1) is 0 Å². The van der Waals surface area contributed by atoms with E-state index in [4.69, 9.17) is 4.74 Å². The quantitative estimate of drug-likeness (QED) is 0.387. The van der Waals surface area contributed by atoms with E-state index >= 15 is 0 Å². The van der Waals surface area contributed by atoms with Crippen LogP contribution in [0.1, 0.15) is 34.0 Å². The van der Waals surface area contributed by atoms with Gasteiger partial charge in [0.05, 0.1) is 30.1 Å². The molecule has 1 N–H and O–H groups in total. The first kappa shape index (κ1) is 24.9. The first-order valence-electron chi connectivity index (χ1n) is 12.1. The molecule has 0 atom stereocenters. The number of likely N-dealkylation sites (N-methyl/N-ethyl adjacent to an activating group) is 1. The van der Waals surface area contributed by atoms with Crippen LogP contribution in [0.25, 0.3) is 0 Å². The maximum absolute atomic E-state index is 14.1. The Morgan fingerprint density at radius 3 is 2.32 bits per heavy atom. The topological polar surface area (TPSA) is 95.9 Å². The molecule has 0 spiro atoms. The van der Waals surface area contributed by atoms with Crippen LogP contribution in [0.5, 0.6) is 5.75 Å². The Morgan fingerprint density at radius 1 is 1.03 bits per heavy atom. The minimum absolute atomic E-state index is 0.0497. The highest BCUT2D eigenvalue weighted by Crippen LogP contribution is 2.36. The number of nitrogens with zero attached hydrogens (tertiary/aromatic N) is 4. The third kappa shape index (κ3) is 4.90. The SMILES string of the molecule is CN(C(=O)C(c1ccccc1)c1ccccc1)c1cnc(N2CCCOc3ccc(F)cc32)nc1C(=O)O. The first-order valence-corrected chi connectivity index (χ1v) is 12.1. The summed E-state index contributed by atoms with van der Waals surface area (Å²) in [5.41, 5.74) is 1.66. The van der Waals surface area contributed by atoms with Crippen LogP contribution in [0, 0.1) is 5.82 Å². The molecule has 4 aromatic rings. The molecule has 38 heavy (non-hydrogen) atoms. The van der Waals surface area contributed by atoms with Crippen LogP contribution < -0.4 is 14.5 Å². The van der Waals surface area contributed by atoms with Crippen LogP contribution in [0.4, 0.5) is 21.7 Å². The molecular formula is C29H25FN4O4. The van der Waals surface area contributed by atoms with E-state index in [1.807, 2.05) is 60.7 Å². The molecule has 192 valence electrons. The second-order valence-corrected chi connectivity index (χ2v) is 8.83. The lowest BCUT2D eigenvalue weighted by molar-refractivity contribution is -0.118. The molecule has 0 unspecified atom stereocenters. The van der Waals surface area contributed by atoms with Crippen LogP contribution in [-0.2, 0) is 4.79 Å². The van der Waals surface area contributed by atoms with Crippen molar-refractivity contribution in [3.05, 3.63) is 108 Å².